The van der Waals surface area contributed by atoms with Gasteiger partial charge in [-0.15, -0.1) is 0 Å². The Balaban J connectivity index is 1.71. The predicted octanol–water partition coefficient (Wildman–Crippen LogP) is 0.873. The van der Waals surface area contributed by atoms with Gasteiger partial charge in [0.25, 0.3) is 5.91 Å². The van der Waals surface area contributed by atoms with Gasteiger partial charge in [0, 0.05) is 26.4 Å². The molecule has 0 atom stereocenters. The van der Waals surface area contributed by atoms with Crippen LogP contribution in [0.2, 0.25) is 0 Å². The molecule has 0 unspecified atom stereocenters. The number of ether oxygens (including phenoxy) is 1. The first kappa shape index (κ1) is 15.9. The lowest BCUT2D eigenvalue weighted by atomic mass is 9.97. The van der Waals surface area contributed by atoms with Gasteiger partial charge in [-0.1, -0.05) is 0 Å². The number of carbonyl (C=O) groups is 1. The van der Waals surface area contributed by atoms with Crippen LogP contribution in [-0.2, 0) is 4.74 Å². The van der Waals surface area contributed by atoms with Crippen molar-refractivity contribution in [3.8, 4) is 0 Å². The zero-order valence-electron chi connectivity index (χ0n) is 12.8. The summed E-state index contributed by atoms with van der Waals surface area (Å²) in [6.45, 7) is 6.45. The minimum absolute atomic E-state index is 0.109. The fraction of sp³-hybridized carbons (Fsp3) is 0.667. The minimum Gasteiger partial charge on any atom is -0.383 e. The zero-order valence-corrected chi connectivity index (χ0v) is 12.8. The van der Waals surface area contributed by atoms with Crippen molar-refractivity contribution in [2.75, 3.05) is 39.9 Å². The van der Waals surface area contributed by atoms with Crippen LogP contribution in [0.4, 0.5) is 0 Å². The number of nitrogens with zero attached hydrogens (tertiary/aromatic N) is 3. The molecule has 1 aromatic rings. The molecule has 0 saturated carbocycles. The molecule has 0 bridgehead atoms. The maximum Gasteiger partial charge on any atom is 0.270 e. The van der Waals surface area contributed by atoms with Crippen LogP contribution in [0.5, 0.6) is 0 Å². The molecule has 1 fully saturated rings. The van der Waals surface area contributed by atoms with Crippen LogP contribution in [0.25, 0.3) is 0 Å². The van der Waals surface area contributed by atoms with Gasteiger partial charge in [-0.3, -0.25) is 4.79 Å². The van der Waals surface area contributed by atoms with Gasteiger partial charge in [0.2, 0.25) is 0 Å². The Morgan fingerprint density at radius 3 is 2.90 bits per heavy atom. The van der Waals surface area contributed by atoms with Crippen molar-refractivity contribution >= 4 is 5.91 Å². The minimum atomic E-state index is -0.109. The number of hydrogen-bond acceptors (Lipinski definition) is 5. The van der Waals surface area contributed by atoms with Crippen molar-refractivity contribution in [1.29, 1.82) is 0 Å². The normalized spacial score (nSPS) is 16.9. The predicted molar refractivity (Wildman–Crippen MR) is 80.1 cm³/mol. The molecule has 0 spiro atoms. The Hall–Kier alpha value is -1.53. The molecule has 0 aliphatic carbocycles. The van der Waals surface area contributed by atoms with E-state index in [0.717, 1.165) is 45.6 Å². The number of methoxy groups -OCH3 is 1. The summed E-state index contributed by atoms with van der Waals surface area (Å²) in [5.41, 5.74) is 0.444. The molecule has 1 saturated heterocycles. The molecule has 6 nitrogen and oxygen atoms in total. The van der Waals surface area contributed by atoms with Gasteiger partial charge in [-0.25, -0.2) is 9.97 Å². The van der Waals surface area contributed by atoms with Crippen LogP contribution in [0.3, 0.4) is 0 Å². The monoisotopic (exact) mass is 292 g/mol. The van der Waals surface area contributed by atoms with Gasteiger partial charge in [0.15, 0.2) is 0 Å². The Bertz CT molecular complexity index is 459. The first-order valence-corrected chi connectivity index (χ1v) is 7.48. The highest BCUT2D eigenvalue weighted by molar-refractivity contribution is 5.92. The van der Waals surface area contributed by atoms with E-state index in [1.807, 2.05) is 0 Å². The lowest BCUT2D eigenvalue weighted by molar-refractivity contribution is 0.0920. The van der Waals surface area contributed by atoms with Gasteiger partial charge in [0.05, 0.1) is 6.61 Å². The molecule has 1 aromatic heterocycles. The molecule has 1 N–H and O–H groups in total. The van der Waals surface area contributed by atoms with E-state index in [-0.39, 0.29) is 5.91 Å². The molecular formula is C15H24N4O2. The standard InChI is InChI=1S/C15H24N4O2/c1-12-16-6-3-14(18-12)15(20)17-11-13-4-7-19(8-5-13)9-10-21-2/h3,6,13H,4-5,7-11H2,1-2H3,(H,17,20). The van der Waals surface area contributed by atoms with Crippen molar-refractivity contribution < 1.29 is 9.53 Å². The maximum atomic E-state index is 12.0. The van der Waals surface area contributed by atoms with Crippen molar-refractivity contribution in [2.24, 2.45) is 5.92 Å². The van der Waals surface area contributed by atoms with E-state index in [9.17, 15) is 4.79 Å². The fourth-order valence-corrected chi connectivity index (χ4v) is 2.54. The molecule has 2 rings (SSSR count). The number of hydrogen-bond donors (Lipinski definition) is 1. The van der Waals surface area contributed by atoms with E-state index in [1.165, 1.54) is 0 Å². The summed E-state index contributed by atoms with van der Waals surface area (Å²) in [6.07, 6.45) is 3.85. The number of rotatable bonds is 6. The van der Waals surface area contributed by atoms with E-state index in [1.54, 1.807) is 26.3 Å². The Morgan fingerprint density at radius 1 is 1.48 bits per heavy atom. The molecular weight excluding hydrogens is 268 g/mol. The van der Waals surface area contributed by atoms with Crippen molar-refractivity contribution in [1.82, 2.24) is 20.2 Å². The van der Waals surface area contributed by atoms with Crippen LogP contribution in [-0.4, -0.2) is 60.7 Å². The van der Waals surface area contributed by atoms with Crippen molar-refractivity contribution in [2.45, 2.75) is 19.8 Å². The van der Waals surface area contributed by atoms with Gasteiger partial charge in [-0.05, 0) is 44.8 Å². The van der Waals surface area contributed by atoms with E-state index in [0.29, 0.717) is 17.4 Å². The highest BCUT2D eigenvalue weighted by Gasteiger charge is 2.19. The summed E-state index contributed by atoms with van der Waals surface area (Å²) < 4.78 is 5.10. The van der Waals surface area contributed by atoms with E-state index in [2.05, 4.69) is 20.2 Å². The van der Waals surface area contributed by atoms with Crippen molar-refractivity contribution in [3.05, 3.63) is 23.8 Å². The lowest BCUT2D eigenvalue weighted by Crippen LogP contribution is -2.40. The van der Waals surface area contributed by atoms with Crippen LogP contribution in [0.1, 0.15) is 29.2 Å². The number of nitrogens with one attached hydrogen (secondary N) is 1. The third-order valence-corrected chi connectivity index (χ3v) is 3.88. The second kappa shape index (κ2) is 8.05. The van der Waals surface area contributed by atoms with Gasteiger partial charge in [-0.2, -0.15) is 0 Å². The molecule has 1 amide bonds. The maximum absolute atomic E-state index is 12.0. The number of piperidine rings is 1. The number of aryl methyl sites for hydroxylation is 1. The second-order valence-corrected chi connectivity index (χ2v) is 5.48. The lowest BCUT2D eigenvalue weighted by Gasteiger charge is -2.31. The summed E-state index contributed by atoms with van der Waals surface area (Å²) in [5, 5.41) is 2.98. The molecule has 0 aromatic carbocycles. The SMILES string of the molecule is COCCN1CCC(CNC(=O)c2ccnc(C)n2)CC1. The number of amides is 1. The highest BCUT2D eigenvalue weighted by atomic mass is 16.5. The second-order valence-electron chi connectivity index (χ2n) is 5.48. The average molecular weight is 292 g/mol. The summed E-state index contributed by atoms with van der Waals surface area (Å²) in [6, 6.07) is 1.65. The third-order valence-electron chi connectivity index (χ3n) is 3.88. The van der Waals surface area contributed by atoms with Gasteiger partial charge in [0.1, 0.15) is 11.5 Å². The molecule has 0 radical (unpaired) electrons. The van der Waals surface area contributed by atoms with E-state index in [4.69, 9.17) is 4.74 Å². The quantitative estimate of drug-likeness (QED) is 0.843. The van der Waals surface area contributed by atoms with E-state index < -0.39 is 0 Å². The van der Waals surface area contributed by atoms with E-state index >= 15 is 0 Å². The number of aromatic nitrogens is 2. The molecule has 21 heavy (non-hydrogen) atoms. The summed E-state index contributed by atoms with van der Waals surface area (Å²) in [7, 11) is 1.73. The molecule has 1 aliphatic heterocycles. The molecule has 6 heteroatoms. The zero-order chi connectivity index (χ0) is 15.1. The van der Waals surface area contributed by atoms with Crippen LogP contribution in [0, 0.1) is 12.8 Å². The Kier molecular flexibility index (Phi) is 6.07. The van der Waals surface area contributed by atoms with Crippen LogP contribution >= 0.6 is 0 Å². The summed E-state index contributed by atoms with van der Waals surface area (Å²) >= 11 is 0. The fourth-order valence-electron chi connectivity index (χ4n) is 2.54. The van der Waals surface area contributed by atoms with Gasteiger partial charge >= 0.3 is 0 Å². The number of carbonyl (C=O) groups excluding carboxylic acids is 1. The molecule has 116 valence electrons. The topological polar surface area (TPSA) is 67.3 Å². The number of likely N-dealkylation sites (tertiary alicyclic amines) is 1. The smallest absolute Gasteiger partial charge is 0.270 e. The summed E-state index contributed by atoms with van der Waals surface area (Å²) in [4.78, 5) is 22.6. The molecule has 1 aliphatic rings. The first-order valence-electron chi connectivity index (χ1n) is 7.48. The average Bonchev–Trinajstić information content (AvgIpc) is 2.51. The largest absolute Gasteiger partial charge is 0.383 e. The van der Waals surface area contributed by atoms with Crippen molar-refractivity contribution in [3.63, 3.8) is 0 Å². The first-order chi connectivity index (χ1) is 10.2. The molecule has 2 heterocycles. The van der Waals surface area contributed by atoms with Gasteiger partial charge < -0.3 is 15.0 Å². The highest BCUT2D eigenvalue weighted by Crippen LogP contribution is 2.16. The summed E-state index contributed by atoms with van der Waals surface area (Å²) in [5.74, 6) is 1.06. The van der Waals surface area contributed by atoms with Crippen LogP contribution in [0.15, 0.2) is 12.3 Å². The Morgan fingerprint density at radius 2 is 2.24 bits per heavy atom. The third kappa shape index (κ3) is 5.06. The Labute approximate surface area is 125 Å². The van der Waals surface area contributed by atoms with Crippen LogP contribution < -0.4 is 5.32 Å².